The number of aromatic nitrogens is 1. The van der Waals surface area contributed by atoms with Crippen molar-refractivity contribution in [3.05, 3.63) is 64.8 Å². The second-order valence-electron chi connectivity index (χ2n) is 6.73. The molecule has 2 amide bonds. The number of hydrogen-bond donors (Lipinski definition) is 4. The largest absolute Gasteiger partial charge is 0.455 e. The zero-order valence-electron chi connectivity index (χ0n) is 16.7. The number of urea groups is 1. The van der Waals surface area contributed by atoms with Crippen molar-refractivity contribution in [1.82, 2.24) is 4.98 Å². The van der Waals surface area contributed by atoms with Gasteiger partial charge in [0.05, 0.1) is 16.1 Å². The summed E-state index contributed by atoms with van der Waals surface area (Å²) in [5.41, 5.74) is 8.11. The number of nitrogen functional groups attached to an aromatic ring is 2. The number of rotatable bonds is 4. The van der Waals surface area contributed by atoms with Gasteiger partial charge in [-0.15, -0.1) is 0 Å². The van der Waals surface area contributed by atoms with Crippen molar-refractivity contribution in [2.45, 2.75) is 12.4 Å². The van der Waals surface area contributed by atoms with E-state index in [1.807, 2.05) is 0 Å². The normalized spacial score (nSPS) is 11.7. The number of hydrogen-bond acceptors (Lipinski definition) is 5. The number of nitrogens with one attached hydrogen (secondary N) is 2. The van der Waals surface area contributed by atoms with Crippen molar-refractivity contribution in [1.29, 1.82) is 0 Å². The summed E-state index contributed by atoms with van der Waals surface area (Å²) in [6, 6.07) is 5.06. The maximum Gasteiger partial charge on any atom is 0.417 e. The number of carbonyl (C=O) groups is 1. The Morgan fingerprint density at radius 2 is 1.59 bits per heavy atom. The average Bonchev–Trinajstić information content (AvgIpc) is 2.71. The van der Waals surface area contributed by atoms with E-state index in [4.69, 9.17) is 27.8 Å². The molecule has 2 aromatic carbocycles. The lowest BCUT2D eigenvalue weighted by atomic mass is 10.1. The van der Waals surface area contributed by atoms with Gasteiger partial charge in [-0.25, -0.2) is 9.78 Å². The van der Waals surface area contributed by atoms with Gasteiger partial charge in [0.1, 0.15) is 17.3 Å². The van der Waals surface area contributed by atoms with Gasteiger partial charge in [0.15, 0.2) is 5.75 Å². The van der Waals surface area contributed by atoms with Crippen LogP contribution >= 0.6 is 11.6 Å². The summed E-state index contributed by atoms with van der Waals surface area (Å²) in [6.45, 7) is 0. The zero-order valence-corrected chi connectivity index (χ0v) is 17.4. The molecule has 7 nitrogen and oxygen atoms in total. The van der Waals surface area contributed by atoms with Crippen LogP contribution in [-0.4, -0.2) is 11.0 Å². The second-order valence-corrected chi connectivity index (χ2v) is 7.13. The molecule has 14 heteroatoms. The molecule has 0 aliphatic heterocycles. The van der Waals surface area contributed by atoms with Crippen molar-refractivity contribution >= 4 is 40.5 Å². The molecular formula is C20H14ClF6N5O2. The smallest absolute Gasteiger partial charge is 0.417 e. The topological polar surface area (TPSA) is 115 Å². The van der Waals surface area contributed by atoms with Crippen LogP contribution in [0.25, 0.3) is 0 Å². The molecule has 1 heterocycles. The first-order valence-electron chi connectivity index (χ1n) is 9.09. The van der Waals surface area contributed by atoms with Crippen LogP contribution in [0.15, 0.2) is 48.7 Å². The standard InChI is InChI=1S/C20H14ClF6N5O2/c21-14-2-1-10(8-13(14)20(25,26)27)31-18(33)32-11-5-9(19(22,23)24)6-12(7-11)34-15-3-4-30-17(29)16(15)28/h1-8H,28H2,(H2,29,30)(H2,31,32,33). The van der Waals surface area contributed by atoms with E-state index in [0.717, 1.165) is 18.2 Å². The summed E-state index contributed by atoms with van der Waals surface area (Å²) in [5, 5.41) is 3.63. The molecule has 1 aromatic heterocycles. The molecule has 0 atom stereocenters. The number of nitrogens with two attached hydrogens (primary N) is 2. The summed E-state index contributed by atoms with van der Waals surface area (Å²) in [5.74, 6) is -0.542. The van der Waals surface area contributed by atoms with Gasteiger partial charge in [-0.1, -0.05) is 11.6 Å². The zero-order chi connectivity index (χ0) is 25.3. The highest BCUT2D eigenvalue weighted by atomic mass is 35.5. The second kappa shape index (κ2) is 9.17. The van der Waals surface area contributed by atoms with Crippen LogP contribution in [0.3, 0.4) is 0 Å². The van der Waals surface area contributed by atoms with E-state index in [2.05, 4.69) is 15.6 Å². The van der Waals surface area contributed by atoms with Gasteiger partial charge in [0.2, 0.25) is 0 Å². The molecule has 6 N–H and O–H groups in total. The number of anilines is 4. The van der Waals surface area contributed by atoms with Crippen LogP contribution < -0.4 is 26.8 Å². The predicted octanol–water partition coefficient (Wildman–Crippen LogP) is 6.37. The van der Waals surface area contributed by atoms with Gasteiger partial charge >= 0.3 is 18.4 Å². The minimum Gasteiger partial charge on any atom is -0.455 e. The number of halogens is 7. The molecule has 0 radical (unpaired) electrons. The molecule has 0 saturated carbocycles. The van der Waals surface area contributed by atoms with Crippen molar-refractivity contribution in [2.24, 2.45) is 0 Å². The Balaban J connectivity index is 1.87. The summed E-state index contributed by atoms with van der Waals surface area (Å²) in [7, 11) is 0. The Morgan fingerprint density at radius 3 is 2.24 bits per heavy atom. The van der Waals surface area contributed by atoms with Gasteiger partial charge in [-0.05, 0) is 30.3 Å². The lowest BCUT2D eigenvalue weighted by Crippen LogP contribution is -2.20. The quantitative estimate of drug-likeness (QED) is 0.307. The Labute approximate surface area is 192 Å². The molecule has 180 valence electrons. The van der Waals surface area contributed by atoms with E-state index in [9.17, 15) is 31.1 Å². The van der Waals surface area contributed by atoms with Crippen LogP contribution in [0.4, 0.5) is 54.0 Å². The minimum atomic E-state index is -4.81. The van der Waals surface area contributed by atoms with Crippen LogP contribution in [0.1, 0.15) is 11.1 Å². The number of benzene rings is 2. The molecule has 0 unspecified atom stereocenters. The molecule has 0 fully saturated rings. The van der Waals surface area contributed by atoms with Gasteiger partial charge < -0.3 is 26.8 Å². The fourth-order valence-corrected chi connectivity index (χ4v) is 2.92. The lowest BCUT2D eigenvalue weighted by Gasteiger charge is -2.15. The van der Waals surface area contributed by atoms with Crippen LogP contribution in [-0.2, 0) is 12.4 Å². The Hall–Kier alpha value is -3.87. The van der Waals surface area contributed by atoms with Crippen molar-refractivity contribution in [3.8, 4) is 11.5 Å². The maximum atomic E-state index is 13.4. The first-order chi connectivity index (χ1) is 15.7. The monoisotopic (exact) mass is 505 g/mol. The molecule has 0 saturated heterocycles. The predicted molar refractivity (Wildman–Crippen MR) is 114 cm³/mol. The number of carbonyl (C=O) groups excluding carboxylic acids is 1. The number of pyridine rings is 1. The number of amides is 2. The van der Waals surface area contributed by atoms with Gasteiger partial charge in [-0.2, -0.15) is 26.3 Å². The number of ether oxygens (including phenoxy) is 1. The highest BCUT2D eigenvalue weighted by molar-refractivity contribution is 6.31. The minimum absolute atomic E-state index is 0.0805. The van der Waals surface area contributed by atoms with E-state index in [0.29, 0.717) is 18.2 Å². The number of nitrogens with zero attached hydrogens (tertiary/aromatic N) is 1. The Morgan fingerprint density at radius 1 is 0.912 bits per heavy atom. The maximum absolute atomic E-state index is 13.4. The molecule has 0 aliphatic rings. The van der Waals surface area contributed by atoms with E-state index in [1.54, 1.807) is 0 Å². The Bertz CT molecular complexity index is 1230. The molecule has 34 heavy (non-hydrogen) atoms. The van der Waals surface area contributed by atoms with Crippen molar-refractivity contribution in [3.63, 3.8) is 0 Å². The highest BCUT2D eigenvalue weighted by Crippen LogP contribution is 2.38. The lowest BCUT2D eigenvalue weighted by molar-refractivity contribution is -0.138. The summed E-state index contributed by atoms with van der Waals surface area (Å²) in [4.78, 5) is 16.0. The Kier molecular flexibility index (Phi) is 6.68. The molecule has 0 spiro atoms. The van der Waals surface area contributed by atoms with E-state index >= 15 is 0 Å². The molecule has 3 aromatic rings. The van der Waals surface area contributed by atoms with Gasteiger partial charge in [0.25, 0.3) is 0 Å². The average molecular weight is 506 g/mol. The first kappa shape index (κ1) is 24.8. The van der Waals surface area contributed by atoms with Crippen molar-refractivity contribution < 1.29 is 35.9 Å². The third kappa shape index (κ3) is 5.92. The molecule has 0 aliphatic carbocycles. The SMILES string of the molecule is Nc1nccc(Oc2cc(NC(=O)Nc3ccc(Cl)c(C(F)(F)F)c3)cc(C(F)(F)F)c2)c1N. The number of alkyl halides is 6. The molecular weight excluding hydrogens is 492 g/mol. The molecule has 3 rings (SSSR count). The fraction of sp³-hybridized carbons (Fsp3) is 0.100. The molecule has 0 bridgehead atoms. The summed E-state index contributed by atoms with van der Waals surface area (Å²) in [6.07, 6.45) is -8.37. The third-order valence-electron chi connectivity index (χ3n) is 4.23. The van der Waals surface area contributed by atoms with Crippen LogP contribution in [0.2, 0.25) is 5.02 Å². The highest BCUT2D eigenvalue weighted by Gasteiger charge is 2.34. The summed E-state index contributed by atoms with van der Waals surface area (Å²) < 4.78 is 84.4. The first-order valence-corrected chi connectivity index (χ1v) is 9.46. The fourth-order valence-electron chi connectivity index (χ4n) is 2.69. The van der Waals surface area contributed by atoms with Crippen LogP contribution in [0.5, 0.6) is 11.5 Å². The van der Waals surface area contributed by atoms with E-state index in [-0.39, 0.29) is 34.4 Å². The van der Waals surface area contributed by atoms with Crippen molar-refractivity contribution in [2.75, 3.05) is 22.1 Å². The third-order valence-corrected chi connectivity index (χ3v) is 4.56. The van der Waals surface area contributed by atoms with Gasteiger partial charge in [0, 0.05) is 29.7 Å². The van der Waals surface area contributed by atoms with E-state index in [1.165, 1.54) is 12.3 Å². The van der Waals surface area contributed by atoms with Crippen LogP contribution in [0, 0.1) is 0 Å². The van der Waals surface area contributed by atoms with E-state index < -0.39 is 34.5 Å². The van der Waals surface area contributed by atoms with Gasteiger partial charge in [-0.3, -0.25) is 0 Å². The summed E-state index contributed by atoms with van der Waals surface area (Å²) >= 11 is 5.52.